The number of rotatable bonds is 10. The van der Waals surface area contributed by atoms with E-state index < -0.39 is 0 Å². The first kappa shape index (κ1) is 16.0. The van der Waals surface area contributed by atoms with Crippen molar-refractivity contribution in [3.8, 4) is 5.75 Å². The molecular weight excluding hydrogens is 238 g/mol. The molecule has 0 aromatic heterocycles. The lowest BCUT2D eigenvalue weighted by Gasteiger charge is -2.10. The molecule has 0 atom stereocenters. The van der Waals surface area contributed by atoms with Gasteiger partial charge in [-0.2, -0.15) is 0 Å². The second kappa shape index (κ2) is 9.82. The molecule has 0 radical (unpaired) electrons. The van der Waals surface area contributed by atoms with Crippen molar-refractivity contribution >= 4 is 0 Å². The minimum absolute atomic E-state index is 0.275. The summed E-state index contributed by atoms with van der Waals surface area (Å²) in [6, 6.07) is 8.25. The van der Waals surface area contributed by atoms with Gasteiger partial charge in [0.1, 0.15) is 5.75 Å². The largest absolute Gasteiger partial charge is 0.494 e. The van der Waals surface area contributed by atoms with Crippen LogP contribution in [-0.4, -0.2) is 24.9 Å². The lowest BCUT2D eigenvalue weighted by Crippen LogP contribution is -2.18. The average molecular weight is 265 g/mol. The van der Waals surface area contributed by atoms with Crippen LogP contribution in [-0.2, 0) is 6.54 Å². The molecule has 3 nitrogen and oxygen atoms in total. The van der Waals surface area contributed by atoms with Crippen molar-refractivity contribution in [3.05, 3.63) is 29.8 Å². The van der Waals surface area contributed by atoms with Gasteiger partial charge in [0.25, 0.3) is 0 Å². The van der Waals surface area contributed by atoms with Gasteiger partial charge in [-0.15, -0.1) is 0 Å². The molecule has 1 aromatic carbocycles. The number of ether oxygens (including phenoxy) is 1. The van der Waals surface area contributed by atoms with E-state index in [1.807, 2.05) is 12.1 Å². The van der Waals surface area contributed by atoms with E-state index in [0.717, 1.165) is 44.7 Å². The summed E-state index contributed by atoms with van der Waals surface area (Å²) >= 11 is 0. The van der Waals surface area contributed by atoms with Gasteiger partial charge in [0, 0.05) is 13.2 Å². The smallest absolute Gasteiger partial charge is 0.119 e. The van der Waals surface area contributed by atoms with Crippen LogP contribution in [0.5, 0.6) is 5.75 Å². The van der Waals surface area contributed by atoms with Gasteiger partial charge < -0.3 is 15.2 Å². The van der Waals surface area contributed by atoms with Gasteiger partial charge in [-0.25, -0.2) is 0 Å². The van der Waals surface area contributed by atoms with Gasteiger partial charge >= 0.3 is 0 Å². The highest BCUT2D eigenvalue weighted by atomic mass is 16.5. The van der Waals surface area contributed by atoms with Crippen molar-refractivity contribution in [1.29, 1.82) is 0 Å². The first-order valence-electron chi connectivity index (χ1n) is 7.25. The molecular formula is C16H27NO2. The maximum Gasteiger partial charge on any atom is 0.119 e. The Morgan fingerprint density at radius 3 is 2.79 bits per heavy atom. The van der Waals surface area contributed by atoms with E-state index in [1.165, 1.54) is 5.56 Å². The Kier molecular flexibility index (Phi) is 8.26. The highest BCUT2D eigenvalue weighted by Gasteiger charge is 1.98. The summed E-state index contributed by atoms with van der Waals surface area (Å²) in [6.45, 7) is 7.34. The number of hydrogen-bond acceptors (Lipinski definition) is 3. The third-order valence-electron chi connectivity index (χ3n) is 2.85. The van der Waals surface area contributed by atoms with Crippen molar-refractivity contribution in [2.24, 2.45) is 5.92 Å². The summed E-state index contributed by atoms with van der Waals surface area (Å²) in [6.07, 6.45) is 2.88. The third-order valence-corrected chi connectivity index (χ3v) is 2.85. The zero-order valence-corrected chi connectivity index (χ0v) is 12.2. The topological polar surface area (TPSA) is 41.5 Å². The van der Waals surface area contributed by atoms with E-state index in [9.17, 15) is 0 Å². The van der Waals surface area contributed by atoms with Gasteiger partial charge in [0.2, 0.25) is 0 Å². The van der Waals surface area contributed by atoms with Crippen molar-refractivity contribution < 1.29 is 9.84 Å². The van der Waals surface area contributed by atoms with Crippen LogP contribution < -0.4 is 10.1 Å². The Labute approximate surface area is 117 Å². The van der Waals surface area contributed by atoms with Crippen LogP contribution in [0.2, 0.25) is 0 Å². The molecule has 0 bridgehead atoms. The predicted octanol–water partition coefficient (Wildman–Crippen LogP) is 2.97. The number of aliphatic hydroxyl groups excluding tert-OH is 1. The highest BCUT2D eigenvalue weighted by molar-refractivity contribution is 5.28. The molecule has 0 unspecified atom stereocenters. The van der Waals surface area contributed by atoms with Gasteiger partial charge in [0.05, 0.1) is 6.61 Å². The molecule has 0 spiro atoms. The van der Waals surface area contributed by atoms with Gasteiger partial charge in [-0.1, -0.05) is 26.0 Å². The average Bonchev–Trinajstić information content (AvgIpc) is 2.39. The maximum absolute atomic E-state index is 8.69. The summed E-state index contributed by atoms with van der Waals surface area (Å²) in [4.78, 5) is 0. The van der Waals surface area contributed by atoms with Gasteiger partial charge in [0.15, 0.2) is 0 Å². The molecule has 108 valence electrons. The number of unbranched alkanes of at least 4 members (excludes halogenated alkanes) is 2. The third kappa shape index (κ3) is 7.85. The van der Waals surface area contributed by atoms with Crippen molar-refractivity contribution in [2.75, 3.05) is 19.8 Å². The first-order chi connectivity index (χ1) is 9.22. The van der Waals surface area contributed by atoms with Crippen LogP contribution in [0.15, 0.2) is 24.3 Å². The molecule has 0 heterocycles. The van der Waals surface area contributed by atoms with Crippen LogP contribution in [0.1, 0.15) is 38.7 Å². The van der Waals surface area contributed by atoms with Crippen LogP contribution in [0.25, 0.3) is 0 Å². The molecule has 0 fully saturated rings. The normalized spacial score (nSPS) is 10.9. The summed E-state index contributed by atoms with van der Waals surface area (Å²) in [5.41, 5.74) is 1.26. The first-order valence-corrected chi connectivity index (χ1v) is 7.25. The molecule has 1 rings (SSSR count). The molecule has 0 saturated carbocycles. The van der Waals surface area contributed by atoms with Crippen LogP contribution in [0.3, 0.4) is 0 Å². The monoisotopic (exact) mass is 265 g/mol. The minimum atomic E-state index is 0.275. The van der Waals surface area contributed by atoms with Gasteiger partial charge in [-0.05, 0) is 49.4 Å². The Morgan fingerprint density at radius 2 is 2.05 bits per heavy atom. The molecule has 0 amide bonds. The number of benzene rings is 1. The Morgan fingerprint density at radius 1 is 1.21 bits per heavy atom. The molecule has 0 aliphatic heterocycles. The Bertz CT molecular complexity index is 339. The second-order valence-corrected chi connectivity index (χ2v) is 5.30. The van der Waals surface area contributed by atoms with Gasteiger partial charge in [-0.3, -0.25) is 0 Å². The highest BCUT2D eigenvalue weighted by Crippen LogP contribution is 2.14. The molecule has 1 aromatic rings. The maximum atomic E-state index is 8.69. The van der Waals surface area contributed by atoms with Crippen molar-refractivity contribution in [1.82, 2.24) is 5.32 Å². The number of nitrogens with one attached hydrogen (secondary N) is 1. The lowest BCUT2D eigenvalue weighted by molar-refractivity contribution is 0.266. The fraction of sp³-hybridized carbons (Fsp3) is 0.625. The zero-order chi connectivity index (χ0) is 13.9. The molecule has 2 N–H and O–H groups in total. The fourth-order valence-corrected chi connectivity index (χ4v) is 1.83. The lowest BCUT2D eigenvalue weighted by atomic mass is 10.2. The van der Waals surface area contributed by atoms with E-state index in [-0.39, 0.29) is 6.61 Å². The van der Waals surface area contributed by atoms with E-state index in [0.29, 0.717) is 5.92 Å². The molecule has 0 aliphatic carbocycles. The minimum Gasteiger partial charge on any atom is -0.494 e. The summed E-state index contributed by atoms with van der Waals surface area (Å²) in [5.74, 6) is 1.61. The molecule has 0 saturated heterocycles. The van der Waals surface area contributed by atoms with Crippen molar-refractivity contribution in [2.45, 2.75) is 39.7 Å². The van der Waals surface area contributed by atoms with Crippen molar-refractivity contribution in [3.63, 3.8) is 0 Å². The molecule has 3 heteroatoms. The molecule has 0 aliphatic rings. The van der Waals surface area contributed by atoms with Crippen LogP contribution in [0.4, 0.5) is 0 Å². The standard InChI is InChI=1S/C16H27NO2/c1-14(2)12-17-13-15-7-6-8-16(11-15)19-10-5-3-4-9-18/h6-8,11,14,17-18H,3-5,9-10,12-13H2,1-2H3. The Balaban J connectivity index is 2.27. The molecule has 19 heavy (non-hydrogen) atoms. The quantitative estimate of drug-likeness (QED) is 0.639. The van der Waals surface area contributed by atoms with E-state index in [1.54, 1.807) is 0 Å². The Hall–Kier alpha value is -1.06. The van der Waals surface area contributed by atoms with Crippen LogP contribution >= 0.6 is 0 Å². The predicted molar refractivity (Wildman–Crippen MR) is 79.4 cm³/mol. The van der Waals surface area contributed by atoms with Crippen LogP contribution in [0, 0.1) is 5.92 Å². The summed E-state index contributed by atoms with van der Waals surface area (Å²) < 4.78 is 5.71. The summed E-state index contributed by atoms with van der Waals surface area (Å²) in [7, 11) is 0. The van der Waals surface area contributed by atoms with E-state index >= 15 is 0 Å². The second-order valence-electron chi connectivity index (χ2n) is 5.30. The zero-order valence-electron chi connectivity index (χ0n) is 12.2. The SMILES string of the molecule is CC(C)CNCc1cccc(OCCCCCO)c1. The van der Waals surface area contributed by atoms with E-state index in [2.05, 4.69) is 31.3 Å². The number of aliphatic hydroxyl groups is 1. The number of hydrogen-bond donors (Lipinski definition) is 2. The van der Waals surface area contributed by atoms with E-state index in [4.69, 9.17) is 9.84 Å². The summed E-state index contributed by atoms with van der Waals surface area (Å²) in [5, 5.41) is 12.1. The fourth-order valence-electron chi connectivity index (χ4n) is 1.83.